The summed E-state index contributed by atoms with van der Waals surface area (Å²) < 4.78 is 19.8. The van der Waals surface area contributed by atoms with Crippen molar-refractivity contribution < 1.29 is 69.5 Å². The molecule has 0 unspecified atom stereocenters. The van der Waals surface area contributed by atoms with Gasteiger partial charge in [0.1, 0.15) is 5.89 Å². The molecule has 24 aromatic rings. The average molecular weight is 2430 g/mol. The molecule has 9 aromatic heterocycles. The molecule has 714 valence electrons. The van der Waals surface area contributed by atoms with Crippen molar-refractivity contribution in [1.82, 2.24) is 68.8 Å². The maximum Gasteiger partial charge on any atom is 3.00 e. The van der Waals surface area contributed by atoms with Gasteiger partial charge in [0, 0.05) is 77.1 Å². The van der Waals surface area contributed by atoms with Gasteiger partial charge < -0.3 is 19.1 Å². The maximum atomic E-state index is 5.41. The molecule has 0 spiro atoms. The van der Waals surface area contributed by atoms with Crippen LogP contribution in [0, 0.1) is 82.3 Å². The van der Waals surface area contributed by atoms with Crippen LogP contribution < -0.4 is 4.74 Å². The van der Waals surface area contributed by atoms with Crippen molar-refractivity contribution in [3.63, 3.8) is 0 Å². The molecule has 24 rings (SSSR count). The predicted octanol–water partition coefficient (Wildman–Crippen LogP) is 29.5. The van der Waals surface area contributed by atoms with Crippen LogP contribution >= 0.6 is 0 Å². The summed E-state index contributed by atoms with van der Waals surface area (Å²) >= 11 is 0. The molecule has 0 atom stereocenters. The second-order valence-corrected chi connectivity index (χ2v) is 31.9. The minimum absolute atomic E-state index is 0. The molecule has 19 heteroatoms. The molecule has 146 heavy (non-hydrogen) atoms. The number of hydrogen-bond donors (Lipinski definition) is 0. The predicted molar refractivity (Wildman–Crippen MR) is 571 cm³/mol. The Morgan fingerprint density at radius 1 is 0.240 bits per heavy atom. The van der Waals surface area contributed by atoms with Gasteiger partial charge in [0.05, 0.1) is 42.4 Å². The number of hydrogen-bond acceptors (Lipinski definition) is 11. The van der Waals surface area contributed by atoms with Gasteiger partial charge in [-0.1, -0.05) is 200 Å². The summed E-state index contributed by atoms with van der Waals surface area (Å²) in [7, 11) is 0. The molecule has 0 saturated heterocycles. The zero-order valence-corrected chi connectivity index (χ0v) is 87.3. The minimum Gasteiger partial charge on any atom is -0.489 e. The fraction of sp³-hybridized carbons (Fsp3) is 0.0315. The van der Waals surface area contributed by atoms with Gasteiger partial charge in [-0.3, -0.25) is 28.4 Å². The average Bonchev–Trinajstić information content (AvgIpc) is 1.82. The fourth-order valence-electron chi connectivity index (χ4n) is 14.6. The topological polar surface area (TPSA) is 163 Å². The Morgan fingerprint density at radius 3 is 0.801 bits per heavy atom. The second kappa shape index (κ2) is 57.0. The van der Waals surface area contributed by atoms with Crippen molar-refractivity contribution in [3.8, 4) is 141 Å². The van der Waals surface area contributed by atoms with E-state index in [1.54, 1.807) is 43.2 Å². The minimum atomic E-state index is 0. The molecule has 0 radical (unpaired) electrons. The molecular formula is C127H97Ir3N14O2. The summed E-state index contributed by atoms with van der Waals surface area (Å²) in [4.78, 5) is 16.5. The number of nitrogens with zero attached hydrogens (tertiary/aromatic N) is 14. The zero-order valence-electron chi connectivity index (χ0n) is 80.2. The van der Waals surface area contributed by atoms with Crippen molar-refractivity contribution in [1.29, 1.82) is 0 Å². The van der Waals surface area contributed by atoms with Gasteiger partial charge in [0.2, 0.25) is 5.88 Å². The van der Waals surface area contributed by atoms with Gasteiger partial charge in [0.25, 0.3) is 0 Å². The first-order valence-corrected chi connectivity index (χ1v) is 46.3. The molecule has 0 bridgehead atoms. The molecule has 9 heterocycles. The smallest absolute Gasteiger partial charge is 0.489 e. The summed E-state index contributed by atoms with van der Waals surface area (Å²) in [6.07, 6.45) is 20.2. The number of aryl methyl sites for hydroxylation is 4. The van der Waals surface area contributed by atoms with Gasteiger partial charge >= 0.3 is 60.3 Å². The molecule has 0 amide bonds. The molecule has 15 aromatic carbocycles. The molecule has 0 fully saturated rings. The van der Waals surface area contributed by atoms with Crippen molar-refractivity contribution >= 4 is 0 Å². The summed E-state index contributed by atoms with van der Waals surface area (Å²) in [6, 6.07) is 176. The largest absolute Gasteiger partial charge is 3.00 e. The third-order valence-electron chi connectivity index (χ3n) is 21.6. The van der Waals surface area contributed by atoms with Gasteiger partial charge in [-0.05, 0) is 148 Å². The van der Waals surface area contributed by atoms with Crippen LogP contribution in [0.1, 0.15) is 22.8 Å². The molecule has 0 N–H and O–H groups in total. The number of ether oxygens (including phenoxy) is 1. The SMILES string of the molecule is Cc1cc(C)n(-c2[c-]cccc2)n1.Cc1cc(C)n(-c2[c-]cccc2)n1.[Ir+3].[Ir+3].[Ir+3].[c-]1ccccc1-c1ccccn1.[c-]1ccccc1-c1ccccn1.[c-]1ccccc1-c1ncco1.[c-]1ccccc1-n1cc(-c2ccc(-c3ccccc3)cc2)cn1.[c-]1ccccc1-n1cc(-c2ccc(-c3ccccc3)cc2)cn1.[c-]1ccccc1-n1cc(-c2ccc(-c3ccccc3)cc2)cn1.[c-]1ccccc1Oc1ccccn1. The number of rotatable bonds is 16. The number of oxazole rings is 1. The van der Waals surface area contributed by atoms with Crippen LogP contribution in [0.15, 0.2) is 522 Å². The Labute approximate surface area is 894 Å². The summed E-state index contributed by atoms with van der Waals surface area (Å²) in [5, 5.41) is 22.0. The van der Waals surface area contributed by atoms with Gasteiger partial charge in [-0.25, -0.2) is 4.98 Å². The van der Waals surface area contributed by atoms with Crippen LogP contribution in [-0.2, 0) is 60.3 Å². The van der Waals surface area contributed by atoms with Crippen LogP contribution in [0.2, 0.25) is 0 Å². The number of para-hydroxylation sites is 6. The molecule has 0 aliphatic rings. The van der Waals surface area contributed by atoms with E-state index in [1.807, 2.05) is 367 Å². The van der Waals surface area contributed by atoms with E-state index in [2.05, 4.69) is 258 Å². The monoisotopic (exact) mass is 2430 g/mol. The number of pyridine rings is 3. The maximum absolute atomic E-state index is 5.41. The number of aromatic nitrogens is 14. The first-order chi connectivity index (χ1) is 70.6. The first kappa shape index (κ1) is 106. The van der Waals surface area contributed by atoms with Gasteiger partial charge in [0.15, 0.2) is 0 Å². The van der Waals surface area contributed by atoms with Crippen LogP contribution in [0.3, 0.4) is 0 Å². The van der Waals surface area contributed by atoms with Crippen molar-refractivity contribution in [2.24, 2.45) is 0 Å². The second-order valence-electron chi connectivity index (χ2n) is 31.9. The van der Waals surface area contributed by atoms with E-state index in [0.29, 0.717) is 17.5 Å². The van der Waals surface area contributed by atoms with E-state index in [9.17, 15) is 0 Å². The summed E-state index contributed by atoms with van der Waals surface area (Å²) in [6.45, 7) is 8.07. The van der Waals surface area contributed by atoms with E-state index < -0.39 is 0 Å². The summed E-state index contributed by atoms with van der Waals surface area (Å²) in [5.74, 6) is 1.89. The quantitative estimate of drug-likeness (QED) is 0.0846. The number of benzene rings is 15. The van der Waals surface area contributed by atoms with E-state index in [0.717, 1.165) is 113 Å². The molecule has 0 saturated carbocycles. The first-order valence-electron chi connectivity index (χ1n) is 46.3. The normalized spacial score (nSPS) is 10.0. The van der Waals surface area contributed by atoms with Gasteiger partial charge in [-0.2, -0.15) is 165 Å². The van der Waals surface area contributed by atoms with Crippen LogP contribution in [0.5, 0.6) is 11.6 Å². The van der Waals surface area contributed by atoms with Crippen molar-refractivity contribution in [3.05, 3.63) is 595 Å². The van der Waals surface area contributed by atoms with Gasteiger partial charge in [-0.15, -0.1) is 145 Å². The van der Waals surface area contributed by atoms with E-state index in [-0.39, 0.29) is 60.3 Å². The standard InChI is InChI=1S/3C21H15N2.2C11H11N2.C11H8NO.2C11H8N.C9H6NO.3Ir/c3*1-3-7-17(8-4-1)18-11-13-19(14-12-18)20-15-22-23(16-20)21-9-5-2-6-10-21;2*1-9-8-10(2)13(12-9)11-6-4-3-5-7-11;1-2-6-10(7-3-1)13-11-8-4-5-9-12-11;2*1-2-6-10(7-3-1)11-8-4-5-9-12-11;1-2-4-8(5-3-1)9-10-6-7-11-9;;;/h3*1-9,11-16H;2*3-6,8H,1-2H3;1-6,8-9H;2*1-6,8-9H;1-4,6-7H;;;/q9*-1;3*+3. The Bertz CT molecular complexity index is 7080. The molecule has 16 nitrogen and oxygen atoms in total. The van der Waals surface area contributed by atoms with Crippen LogP contribution in [0.25, 0.3) is 129 Å². The van der Waals surface area contributed by atoms with Crippen LogP contribution in [0.4, 0.5) is 0 Å². The summed E-state index contributed by atoms with van der Waals surface area (Å²) in [5.41, 5.74) is 28.2. The Morgan fingerprint density at radius 2 is 0.527 bits per heavy atom. The van der Waals surface area contributed by atoms with E-state index in [1.165, 1.54) is 33.4 Å². The van der Waals surface area contributed by atoms with Crippen LogP contribution in [-0.4, -0.2) is 68.8 Å². The third-order valence-corrected chi connectivity index (χ3v) is 21.6. The van der Waals surface area contributed by atoms with Crippen molar-refractivity contribution in [2.45, 2.75) is 27.7 Å². The third kappa shape index (κ3) is 31.9. The Kier molecular flexibility index (Phi) is 41.4. The molecule has 0 aliphatic heterocycles. The molecule has 0 aliphatic carbocycles. The Hall–Kier alpha value is -17.2. The zero-order chi connectivity index (χ0) is 97.9. The van der Waals surface area contributed by atoms with E-state index in [4.69, 9.17) is 9.15 Å². The fourth-order valence-corrected chi connectivity index (χ4v) is 14.6. The van der Waals surface area contributed by atoms with Crippen molar-refractivity contribution in [2.75, 3.05) is 0 Å². The Balaban J connectivity index is 0.000000139. The van der Waals surface area contributed by atoms with E-state index >= 15 is 0 Å². The molecular weight excluding hydrogens is 2330 g/mol.